The summed E-state index contributed by atoms with van der Waals surface area (Å²) in [7, 11) is -3.67. The summed E-state index contributed by atoms with van der Waals surface area (Å²) >= 11 is 11.8. The fourth-order valence-corrected chi connectivity index (χ4v) is 4.16. The van der Waals surface area contributed by atoms with Crippen molar-refractivity contribution < 1.29 is 8.42 Å². The average molecular weight is 297 g/mol. The highest BCUT2D eigenvalue weighted by atomic mass is 35.5. The maximum atomic E-state index is 12.3. The first-order chi connectivity index (χ1) is 7.84. The van der Waals surface area contributed by atoms with Crippen LogP contribution in [0.5, 0.6) is 0 Å². The van der Waals surface area contributed by atoms with Crippen LogP contribution >= 0.6 is 23.2 Å². The number of anilines is 1. The van der Waals surface area contributed by atoms with E-state index < -0.39 is 10.0 Å². The van der Waals surface area contributed by atoms with Crippen LogP contribution in [-0.2, 0) is 10.0 Å². The van der Waals surface area contributed by atoms with Gasteiger partial charge >= 0.3 is 0 Å². The summed E-state index contributed by atoms with van der Waals surface area (Å²) in [5.41, 5.74) is 5.87. The Hall–Kier alpha value is -0.490. The molecule has 1 rings (SSSR count). The third-order valence-electron chi connectivity index (χ3n) is 2.32. The lowest BCUT2D eigenvalue weighted by molar-refractivity contribution is 0.445. The predicted octanol–water partition coefficient (Wildman–Crippen LogP) is 2.61. The Morgan fingerprint density at radius 3 is 1.94 bits per heavy atom. The molecular formula is C10H14Cl2N2O2S. The molecule has 0 aromatic heterocycles. The third-order valence-corrected chi connectivity index (χ3v) is 5.30. The summed E-state index contributed by atoms with van der Waals surface area (Å²) in [5.74, 6) is 0. The molecule has 0 atom stereocenters. The molecule has 0 unspecified atom stereocenters. The van der Waals surface area contributed by atoms with Crippen LogP contribution in [0.3, 0.4) is 0 Å². The molecule has 0 fully saturated rings. The second-order valence-electron chi connectivity index (χ2n) is 3.40. The van der Waals surface area contributed by atoms with Gasteiger partial charge in [0.2, 0.25) is 10.0 Å². The SMILES string of the molecule is CCN(CC)S(=O)(=O)c1c(Cl)cc(N)cc1Cl. The van der Waals surface area contributed by atoms with Gasteiger partial charge in [0, 0.05) is 18.8 Å². The highest BCUT2D eigenvalue weighted by molar-refractivity contribution is 7.89. The van der Waals surface area contributed by atoms with E-state index in [1.54, 1.807) is 13.8 Å². The van der Waals surface area contributed by atoms with Crippen LogP contribution in [0.2, 0.25) is 10.0 Å². The minimum absolute atomic E-state index is 0.0434. The molecule has 0 amide bonds. The molecule has 2 N–H and O–H groups in total. The van der Waals surface area contributed by atoms with Crippen LogP contribution in [0.15, 0.2) is 17.0 Å². The summed E-state index contributed by atoms with van der Waals surface area (Å²) in [6.45, 7) is 4.21. The number of benzene rings is 1. The van der Waals surface area contributed by atoms with E-state index in [4.69, 9.17) is 28.9 Å². The van der Waals surface area contributed by atoms with Gasteiger partial charge in [-0.25, -0.2) is 8.42 Å². The Morgan fingerprint density at radius 1 is 1.18 bits per heavy atom. The molecule has 0 heterocycles. The first kappa shape index (κ1) is 14.6. The molecule has 0 bridgehead atoms. The van der Waals surface area contributed by atoms with Crippen LogP contribution in [0.1, 0.15) is 13.8 Å². The van der Waals surface area contributed by atoms with Crippen molar-refractivity contribution in [1.82, 2.24) is 4.31 Å². The van der Waals surface area contributed by atoms with E-state index in [2.05, 4.69) is 0 Å². The lowest BCUT2D eigenvalue weighted by Gasteiger charge is -2.20. The van der Waals surface area contributed by atoms with Gasteiger partial charge in [-0.1, -0.05) is 37.0 Å². The summed E-state index contributed by atoms with van der Waals surface area (Å²) in [6, 6.07) is 2.76. The van der Waals surface area contributed by atoms with Crippen molar-refractivity contribution in [2.75, 3.05) is 18.8 Å². The number of nitrogens with zero attached hydrogens (tertiary/aromatic N) is 1. The zero-order chi connectivity index (χ0) is 13.2. The van der Waals surface area contributed by atoms with Gasteiger partial charge in [-0.2, -0.15) is 4.31 Å². The maximum Gasteiger partial charge on any atom is 0.246 e. The second-order valence-corrected chi connectivity index (χ2v) is 6.09. The van der Waals surface area contributed by atoms with Crippen molar-refractivity contribution in [2.24, 2.45) is 0 Å². The molecule has 7 heteroatoms. The van der Waals surface area contributed by atoms with Gasteiger partial charge in [0.25, 0.3) is 0 Å². The van der Waals surface area contributed by atoms with E-state index in [0.717, 1.165) is 0 Å². The molecule has 1 aromatic rings. The minimum atomic E-state index is -3.67. The van der Waals surface area contributed by atoms with Crippen molar-refractivity contribution in [1.29, 1.82) is 0 Å². The molecule has 96 valence electrons. The molecule has 0 aliphatic carbocycles. The van der Waals surface area contributed by atoms with Crippen LogP contribution in [-0.4, -0.2) is 25.8 Å². The van der Waals surface area contributed by atoms with Crippen LogP contribution in [0.4, 0.5) is 5.69 Å². The average Bonchev–Trinajstić information content (AvgIpc) is 2.16. The topological polar surface area (TPSA) is 63.4 Å². The van der Waals surface area contributed by atoms with Crippen LogP contribution in [0.25, 0.3) is 0 Å². The normalized spacial score (nSPS) is 12.1. The molecule has 0 spiro atoms. The van der Waals surface area contributed by atoms with E-state index in [1.807, 2.05) is 0 Å². The van der Waals surface area contributed by atoms with Gasteiger partial charge in [-0.3, -0.25) is 0 Å². The molecule has 17 heavy (non-hydrogen) atoms. The summed E-state index contributed by atoms with van der Waals surface area (Å²) in [5, 5.41) is 0.0869. The van der Waals surface area contributed by atoms with Crippen molar-refractivity contribution >= 4 is 38.9 Å². The van der Waals surface area contributed by atoms with Gasteiger partial charge in [0.05, 0.1) is 10.0 Å². The predicted molar refractivity (Wildman–Crippen MR) is 71.0 cm³/mol. The minimum Gasteiger partial charge on any atom is -0.399 e. The fraction of sp³-hybridized carbons (Fsp3) is 0.400. The molecular weight excluding hydrogens is 283 g/mol. The molecule has 1 aromatic carbocycles. The highest BCUT2D eigenvalue weighted by Crippen LogP contribution is 2.33. The zero-order valence-corrected chi connectivity index (χ0v) is 11.9. The number of halogens is 2. The van der Waals surface area contributed by atoms with E-state index in [9.17, 15) is 8.42 Å². The zero-order valence-electron chi connectivity index (χ0n) is 9.57. The van der Waals surface area contributed by atoms with Crippen LogP contribution < -0.4 is 5.73 Å². The largest absolute Gasteiger partial charge is 0.399 e. The summed E-state index contributed by atoms with van der Waals surface area (Å²) in [6.07, 6.45) is 0. The second kappa shape index (κ2) is 5.44. The molecule has 0 saturated heterocycles. The van der Waals surface area contributed by atoms with Crippen molar-refractivity contribution in [3.05, 3.63) is 22.2 Å². The molecule has 0 saturated carbocycles. The molecule has 0 aliphatic rings. The van der Waals surface area contributed by atoms with Crippen molar-refractivity contribution in [2.45, 2.75) is 18.7 Å². The van der Waals surface area contributed by atoms with Gasteiger partial charge in [-0.15, -0.1) is 0 Å². The number of hydrogen-bond acceptors (Lipinski definition) is 3. The number of nitrogen functional groups attached to an aromatic ring is 1. The molecule has 0 radical (unpaired) electrons. The van der Waals surface area contributed by atoms with Gasteiger partial charge < -0.3 is 5.73 Å². The van der Waals surface area contributed by atoms with E-state index in [-0.39, 0.29) is 14.9 Å². The van der Waals surface area contributed by atoms with Crippen molar-refractivity contribution in [3.63, 3.8) is 0 Å². The number of rotatable bonds is 4. The summed E-state index contributed by atoms with van der Waals surface area (Å²) < 4.78 is 25.8. The maximum absolute atomic E-state index is 12.3. The smallest absolute Gasteiger partial charge is 0.246 e. The Balaban J connectivity index is 3.44. The number of sulfonamides is 1. The van der Waals surface area contributed by atoms with E-state index >= 15 is 0 Å². The quantitative estimate of drug-likeness (QED) is 0.869. The first-order valence-electron chi connectivity index (χ1n) is 5.09. The lowest BCUT2D eigenvalue weighted by atomic mass is 10.3. The number of hydrogen-bond donors (Lipinski definition) is 1. The monoisotopic (exact) mass is 296 g/mol. The lowest BCUT2D eigenvalue weighted by Crippen LogP contribution is -2.31. The fourth-order valence-electron chi connectivity index (χ4n) is 1.52. The highest BCUT2D eigenvalue weighted by Gasteiger charge is 2.27. The Labute approximate surface area is 111 Å². The van der Waals surface area contributed by atoms with Crippen LogP contribution in [0, 0.1) is 0 Å². The van der Waals surface area contributed by atoms with E-state index in [1.165, 1.54) is 16.4 Å². The molecule has 0 aliphatic heterocycles. The summed E-state index contributed by atoms with van der Waals surface area (Å²) in [4.78, 5) is -0.0845. The Morgan fingerprint density at radius 2 is 1.59 bits per heavy atom. The van der Waals surface area contributed by atoms with Gasteiger partial charge in [-0.05, 0) is 12.1 Å². The third kappa shape index (κ3) is 2.85. The number of nitrogens with two attached hydrogens (primary N) is 1. The first-order valence-corrected chi connectivity index (χ1v) is 7.28. The Bertz CT molecular complexity index is 490. The van der Waals surface area contributed by atoms with Gasteiger partial charge in [0.15, 0.2) is 0 Å². The molecule has 4 nitrogen and oxygen atoms in total. The standard InChI is InChI=1S/C10H14Cl2N2O2S/c1-3-14(4-2)17(15,16)10-8(11)5-7(13)6-9(10)12/h5-6H,3-4,13H2,1-2H3. The van der Waals surface area contributed by atoms with Crippen molar-refractivity contribution in [3.8, 4) is 0 Å². The van der Waals surface area contributed by atoms with Gasteiger partial charge in [0.1, 0.15) is 4.90 Å². The Kier molecular flexibility index (Phi) is 4.66. The van der Waals surface area contributed by atoms with E-state index in [0.29, 0.717) is 18.8 Å².